The van der Waals surface area contributed by atoms with Crippen molar-refractivity contribution < 1.29 is 33.8 Å². The van der Waals surface area contributed by atoms with E-state index < -0.39 is 31.5 Å². The van der Waals surface area contributed by atoms with Crippen LogP contribution in [0.5, 0.6) is 5.75 Å². The van der Waals surface area contributed by atoms with Gasteiger partial charge in [-0.2, -0.15) is 0 Å². The average Bonchev–Trinajstić information content (AvgIpc) is 3.57. The van der Waals surface area contributed by atoms with Gasteiger partial charge in [-0.1, -0.05) is 61.5 Å². The number of fused-ring (bicyclic) bond motifs is 3. The predicted octanol–water partition coefficient (Wildman–Crippen LogP) is 5.63. The Morgan fingerprint density at radius 2 is 1.67 bits per heavy atom. The molecule has 52 heavy (non-hydrogen) atoms. The number of nitrogens with one attached hydrogen (secondary N) is 1. The maximum atomic E-state index is 14.9. The number of amides is 3. The lowest BCUT2D eigenvalue weighted by atomic mass is 9.82. The molecule has 1 fully saturated rings. The van der Waals surface area contributed by atoms with Crippen LogP contribution in [-0.4, -0.2) is 66.7 Å². The Labute approximate surface area is 305 Å². The lowest BCUT2D eigenvalue weighted by molar-refractivity contribution is -0.151. The highest BCUT2D eigenvalue weighted by molar-refractivity contribution is 6.71. The van der Waals surface area contributed by atoms with Gasteiger partial charge >= 0.3 is 0 Å². The van der Waals surface area contributed by atoms with Gasteiger partial charge in [-0.3, -0.25) is 14.4 Å². The molecule has 5 atom stereocenters. The number of hydrogen-bond acceptors (Lipinski definition) is 7. The van der Waals surface area contributed by atoms with Gasteiger partial charge < -0.3 is 34.5 Å². The summed E-state index contributed by atoms with van der Waals surface area (Å²) < 4.78 is 12.6. The van der Waals surface area contributed by atoms with E-state index in [9.17, 15) is 24.3 Å². The Morgan fingerprint density at radius 3 is 2.35 bits per heavy atom. The van der Waals surface area contributed by atoms with Crippen molar-refractivity contribution >= 4 is 37.4 Å². The molecule has 270 valence electrons. The van der Waals surface area contributed by atoms with E-state index in [2.05, 4.69) is 5.32 Å². The second kappa shape index (κ2) is 14.0. The summed E-state index contributed by atoms with van der Waals surface area (Å²) >= 11 is 0. The van der Waals surface area contributed by atoms with Crippen LogP contribution in [0, 0.1) is 5.92 Å². The van der Waals surface area contributed by atoms with Crippen LogP contribution in [0.4, 0.5) is 11.4 Å². The van der Waals surface area contributed by atoms with Crippen LogP contribution in [0.2, 0.25) is 18.6 Å². The summed E-state index contributed by atoms with van der Waals surface area (Å²) in [5.41, 5.74) is 3.61. The minimum Gasteiger partial charge on any atom is -0.497 e. The van der Waals surface area contributed by atoms with Crippen LogP contribution in [0.15, 0.2) is 97.1 Å². The summed E-state index contributed by atoms with van der Waals surface area (Å²) in [6, 6.07) is 29.4. The Bertz CT molecular complexity index is 1980. The van der Waals surface area contributed by atoms with Gasteiger partial charge in [-0.05, 0) is 78.7 Å². The summed E-state index contributed by atoms with van der Waals surface area (Å²) in [6.45, 7) is 6.06. The third-order valence-electron chi connectivity index (χ3n) is 11.0. The minimum atomic E-state index is -3.04. The van der Waals surface area contributed by atoms with Crippen LogP contribution in [0.25, 0.3) is 0 Å². The van der Waals surface area contributed by atoms with Crippen molar-refractivity contribution in [1.29, 1.82) is 0 Å². The molecule has 1 spiro atoms. The number of ether oxygens (including phenoxy) is 2. The van der Waals surface area contributed by atoms with E-state index in [-0.39, 0.29) is 43.3 Å². The van der Waals surface area contributed by atoms with Gasteiger partial charge in [0.15, 0.2) is 13.9 Å². The molecule has 4 aromatic rings. The van der Waals surface area contributed by atoms with Gasteiger partial charge in [-0.25, -0.2) is 0 Å². The van der Waals surface area contributed by atoms with Gasteiger partial charge in [0.2, 0.25) is 5.91 Å². The maximum absolute atomic E-state index is 14.9. The minimum absolute atomic E-state index is 0.0326. The highest BCUT2D eigenvalue weighted by atomic mass is 28.4. The molecule has 0 unspecified atom stereocenters. The van der Waals surface area contributed by atoms with Gasteiger partial charge in [-0.15, -0.1) is 0 Å². The Balaban J connectivity index is 1.17. The van der Waals surface area contributed by atoms with Gasteiger partial charge in [0.1, 0.15) is 5.75 Å². The molecular formula is C41H45N3O7Si. The summed E-state index contributed by atoms with van der Waals surface area (Å²) in [7, 11) is -1.47. The normalized spacial score (nSPS) is 23.8. The lowest BCUT2D eigenvalue weighted by Gasteiger charge is -2.37. The highest BCUT2D eigenvalue weighted by Gasteiger charge is 2.66. The average molecular weight is 720 g/mol. The molecule has 7 rings (SSSR count). The molecule has 3 heterocycles. The van der Waals surface area contributed by atoms with E-state index in [1.807, 2.05) is 105 Å². The Hall–Kier alpha value is -4.81. The third-order valence-corrected chi connectivity index (χ3v) is 13.5. The Morgan fingerprint density at radius 1 is 0.981 bits per heavy atom. The van der Waals surface area contributed by atoms with Gasteiger partial charge in [0, 0.05) is 34.8 Å². The molecule has 0 radical (unpaired) electrons. The first kappa shape index (κ1) is 35.6. The maximum Gasteiger partial charge on any atom is 0.264 e. The largest absolute Gasteiger partial charge is 0.497 e. The second-order valence-electron chi connectivity index (χ2n) is 14.7. The molecule has 3 amide bonds. The third kappa shape index (κ3) is 6.32. The summed E-state index contributed by atoms with van der Waals surface area (Å²) in [4.78, 5) is 57.0. The van der Waals surface area contributed by atoms with Gasteiger partial charge in [0.05, 0.1) is 44.5 Å². The van der Waals surface area contributed by atoms with E-state index in [1.54, 1.807) is 29.0 Å². The number of rotatable bonds is 9. The highest BCUT2D eigenvalue weighted by Crippen LogP contribution is 2.60. The molecule has 0 bridgehead atoms. The van der Waals surface area contributed by atoms with Crippen molar-refractivity contribution in [3.8, 4) is 5.75 Å². The van der Waals surface area contributed by atoms with Crippen molar-refractivity contribution in [3.05, 3.63) is 125 Å². The number of carbonyl (C=O) groups is 3. The monoisotopic (exact) mass is 719 g/mol. The van der Waals surface area contributed by atoms with Crippen LogP contribution in [-0.2, 0) is 39.4 Å². The van der Waals surface area contributed by atoms with E-state index in [0.29, 0.717) is 41.2 Å². The fraction of sp³-hybridized carbons (Fsp3) is 0.341. The van der Waals surface area contributed by atoms with Crippen molar-refractivity contribution in [2.24, 2.45) is 5.92 Å². The molecule has 10 nitrogen and oxygen atoms in total. The van der Waals surface area contributed by atoms with E-state index >= 15 is 0 Å². The van der Waals surface area contributed by atoms with Crippen LogP contribution in [0.3, 0.4) is 0 Å². The van der Waals surface area contributed by atoms with Crippen LogP contribution in [0.1, 0.15) is 46.0 Å². The molecule has 3 aliphatic rings. The first-order valence-corrected chi connectivity index (χ1v) is 20.8. The van der Waals surface area contributed by atoms with Crippen molar-refractivity contribution in [1.82, 2.24) is 4.90 Å². The van der Waals surface area contributed by atoms with Crippen LogP contribution < -0.4 is 15.0 Å². The molecule has 3 aliphatic heterocycles. The van der Waals surface area contributed by atoms with Crippen LogP contribution >= 0.6 is 0 Å². The molecule has 0 aliphatic carbocycles. The SMILES string of the molecule is COc1ccc2c(c1)[C@@]1(O[C@H](CC(=O)N3Cc4ccccc4C[C@H]3CO)[C@@H]([Si](C)(C)O)[C@@H]1C)C(=O)N2Cc1ccc(NC(=O)c2ccccc2)cc1. The van der Waals surface area contributed by atoms with E-state index in [0.717, 1.165) is 16.7 Å². The fourth-order valence-electron chi connectivity index (χ4n) is 8.54. The predicted molar refractivity (Wildman–Crippen MR) is 200 cm³/mol. The smallest absolute Gasteiger partial charge is 0.264 e. The number of aliphatic hydroxyl groups is 1. The standard InChI is InChI=1S/C41H45N3O7Si/c1-26-38(52(3,4)49)36(22-37(46)43-24-30-13-9-8-12-29(30)20-32(43)25-45)51-41(26)34-21-33(50-2)18-19-35(34)44(40(41)48)23-27-14-16-31(17-15-27)42-39(47)28-10-6-5-7-11-28/h5-19,21,26,32,36,38,45,49H,20,22-25H2,1-4H3,(H,42,47)/t26-,32-,36+,38-,41+/m0/s1. The number of carbonyl (C=O) groups excluding carboxylic acids is 3. The lowest BCUT2D eigenvalue weighted by Crippen LogP contribution is -2.48. The summed E-state index contributed by atoms with van der Waals surface area (Å²) in [6.07, 6.45) is -0.217. The van der Waals surface area contributed by atoms with Gasteiger partial charge in [0.25, 0.3) is 11.8 Å². The molecule has 1 saturated heterocycles. The number of benzene rings is 4. The topological polar surface area (TPSA) is 129 Å². The van der Waals surface area contributed by atoms with E-state index in [4.69, 9.17) is 9.47 Å². The van der Waals surface area contributed by atoms with E-state index in [1.165, 1.54) is 0 Å². The first-order valence-electron chi connectivity index (χ1n) is 17.8. The molecule has 0 aromatic heterocycles. The zero-order valence-electron chi connectivity index (χ0n) is 29.9. The number of methoxy groups -OCH3 is 1. The quantitative estimate of drug-likeness (QED) is 0.192. The summed E-state index contributed by atoms with van der Waals surface area (Å²) in [5, 5.41) is 13.2. The molecule has 0 saturated carbocycles. The zero-order chi connectivity index (χ0) is 36.8. The molecule has 3 N–H and O–H groups in total. The molecule has 11 heteroatoms. The molecular weight excluding hydrogens is 675 g/mol. The number of anilines is 2. The second-order valence-corrected chi connectivity index (χ2v) is 18.7. The number of hydrogen-bond donors (Lipinski definition) is 3. The fourth-order valence-corrected chi connectivity index (χ4v) is 11.1. The van der Waals surface area contributed by atoms with Crippen molar-refractivity contribution in [2.45, 2.75) is 69.2 Å². The number of nitrogens with zero attached hydrogens (tertiary/aromatic N) is 2. The van der Waals surface area contributed by atoms with Crippen molar-refractivity contribution in [3.63, 3.8) is 0 Å². The molecule has 4 aromatic carbocycles. The van der Waals surface area contributed by atoms with Crippen molar-refractivity contribution in [2.75, 3.05) is 23.9 Å². The zero-order valence-corrected chi connectivity index (χ0v) is 30.9. The Kier molecular flexibility index (Phi) is 9.55. The first-order chi connectivity index (χ1) is 24.9. The number of aliphatic hydroxyl groups excluding tert-OH is 1. The summed E-state index contributed by atoms with van der Waals surface area (Å²) in [5.74, 6) is -0.556.